The Labute approximate surface area is 157 Å². The number of amides is 1. The van der Waals surface area contributed by atoms with E-state index in [2.05, 4.69) is 9.97 Å². The number of piperidine rings is 1. The van der Waals surface area contributed by atoms with Gasteiger partial charge in [-0.25, -0.2) is 9.78 Å². The van der Waals surface area contributed by atoms with Crippen molar-refractivity contribution in [1.29, 1.82) is 0 Å². The average Bonchev–Trinajstić information content (AvgIpc) is 2.92. The molecule has 3 heterocycles. The number of pyridine rings is 1. The van der Waals surface area contributed by atoms with Crippen LogP contribution in [0.1, 0.15) is 58.1 Å². The predicted molar refractivity (Wildman–Crippen MR) is 100 cm³/mol. The highest BCUT2D eigenvalue weighted by atomic mass is 35.5. The molecule has 0 saturated carbocycles. The van der Waals surface area contributed by atoms with Crippen LogP contribution >= 0.6 is 11.6 Å². The molecule has 0 bridgehead atoms. The van der Waals surface area contributed by atoms with Gasteiger partial charge in [0.2, 0.25) is 5.91 Å². The molecule has 1 fully saturated rings. The van der Waals surface area contributed by atoms with E-state index in [4.69, 9.17) is 11.6 Å². The Morgan fingerprint density at radius 3 is 2.54 bits per heavy atom. The zero-order valence-electron chi connectivity index (χ0n) is 15.4. The lowest BCUT2D eigenvalue weighted by molar-refractivity contribution is -0.133. The summed E-state index contributed by atoms with van der Waals surface area (Å²) in [5.41, 5.74) is 0.109. The highest BCUT2D eigenvalue weighted by Crippen LogP contribution is 2.40. The quantitative estimate of drug-likeness (QED) is 0.852. The van der Waals surface area contributed by atoms with E-state index in [1.165, 1.54) is 13.1 Å². The van der Waals surface area contributed by atoms with Gasteiger partial charge in [0.15, 0.2) is 5.65 Å². The Morgan fingerprint density at radius 1 is 1.38 bits per heavy atom. The van der Waals surface area contributed by atoms with Crippen LogP contribution in [-0.4, -0.2) is 43.5 Å². The molecular weight excluding hydrogens is 356 g/mol. The van der Waals surface area contributed by atoms with Gasteiger partial charge >= 0.3 is 5.69 Å². The average molecular weight is 381 g/mol. The van der Waals surface area contributed by atoms with E-state index >= 15 is 0 Å². The van der Waals surface area contributed by atoms with Crippen LogP contribution in [-0.2, 0) is 10.4 Å². The van der Waals surface area contributed by atoms with Crippen molar-refractivity contribution in [3.8, 4) is 0 Å². The van der Waals surface area contributed by atoms with Crippen molar-refractivity contribution in [2.75, 3.05) is 13.1 Å². The molecular formula is C18H25ClN4O3. The topological polar surface area (TPSA) is 91.2 Å². The number of nitrogens with one attached hydrogen (secondary N) is 1. The zero-order valence-corrected chi connectivity index (χ0v) is 16.1. The SMILES string of the molecule is CCC(CC)n1c(=O)[nH]c2ncc(Cl)c(C3(O)CCN(C(C)=O)CC3)c21. The number of hydrogen-bond acceptors (Lipinski definition) is 4. The maximum atomic E-state index is 12.6. The monoisotopic (exact) mass is 380 g/mol. The van der Waals surface area contributed by atoms with E-state index in [1.807, 2.05) is 13.8 Å². The van der Waals surface area contributed by atoms with E-state index in [1.54, 1.807) is 9.47 Å². The van der Waals surface area contributed by atoms with E-state index in [-0.39, 0.29) is 17.6 Å². The molecule has 2 aromatic rings. The summed E-state index contributed by atoms with van der Waals surface area (Å²) < 4.78 is 1.68. The van der Waals surface area contributed by atoms with Gasteiger partial charge in [-0.1, -0.05) is 25.4 Å². The van der Waals surface area contributed by atoms with Gasteiger partial charge in [-0.15, -0.1) is 0 Å². The minimum Gasteiger partial charge on any atom is -0.385 e. The maximum absolute atomic E-state index is 12.6. The molecule has 26 heavy (non-hydrogen) atoms. The smallest absolute Gasteiger partial charge is 0.327 e. The van der Waals surface area contributed by atoms with E-state index in [9.17, 15) is 14.7 Å². The van der Waals surface area contributed by atoms with Crippen LogP contribution in [0.2, 0.25) is 5.02 Å². The van der Waals surface area contributed by atoms with Crippen LogP contribution in [0.25, 0.3) is 11.2 Å². The third-order valence-corrected chi connectivity index (χ3v) is 5.79. The number of fused-ring (bicyclic) bond motifs is 1. The summed E-state index contributed by atoms with van der Waals surface area (Å²) in [5, 5.41) is 11.7. The summed E-state index contributed by atoms with van der Waals surface area (Å²) in [6.07, 6.45) is 3.78. The molecule has 1 saturated heterocycles. The Morgan fingerprint density at radius 2 is 2.00 bits per heavy atom. The molecule has 0 radical (unpaired) electrons. The molecule has 2 N–H and O–H groups in total. The first-order valence-electron chi connectivity index (χ1n) is 9.09. The largest absolute Gasteiger partial charge is 0.385 e. The lowest BCUT2D eigenvalue weighted by atomic mass is 9.84. The van der Waals surface area contributed by atoms with Crippen molar-refractivity contribution in [2.24, 2.45) is 0 Å². The fourth-order valence-corrected chi connectivity index (χ4v) is 4.27. The molecule has 1 amide bonds. The number of carbonyl (C=O) groups excluding carboxylic acids is 1. The van der Waals surface area contributed by atoms with Crippen molar-refractivity contribution in [3.05, 3.63) is 27.3 Å². The molecule has 3 rings (SSSR count). The summed E-state index contributed by atoms with van der Waals surface area (Å²) in [7, 11) is 0. The first-order valence-corrected chi connectivity index (χ1v) is 9.47. The van der Waals surface area contributed by atoms with Crippen molar-refractivity contribution < 1.29 is 9.90 Å². The summed E-state index contributed by atoms with van der Waals surface area (Å²) >= 11 is 6.47. The number of imidazole rings is 1. The number of hydrogen-bond donors (Lipinski definition) is 2. The summed E-state index contributed by atoms with van der Waals surface area (Å²) in [6.45, 7) is 6.48. The third kappa shape index (κ3) is 3.03. The lowest BCUT2D eigenvalue weighted by Gasteiger charge is -2.39. The Balaban J connectivity index is 2.18. The first kappa shape index (κ1) is 18.9. The van der Waals surface area contributed by atoms with Crippen LogP contribution in [0.15, 0.2) is 11.0 Å². The molecule has 0 unspecified atom stereocenters. The number of aliphatic hydroxyl groups is 1. The van der Waals surface area contributed by atoms with Gasteiger partial charge in [0.25, 0.3) is 0 Å². The van der Waals surface area contributed by atoms with Crippen LogP contribution in [0.3, 0.4) is 0 Å². The second-order valence-corrected chi connectivity index (χ2v) is 7.39. The van der Waals surface area contributed by atoms with Gasteiger partial charge < -0.3 is 10.0 Å². The molecule has 1 aliphatic rings. The highest BCUT2D eigenvalue weighted by Gasteiger charge is 2.39. The predicted octanol–water partition coefficient (Wildman–Crippen LogP) is 2.57. The molecule has 142 valence electrons. The molecule has 1 aliphatic heterocycles. The molecule has 0 spiro atoms. The number of aromatic nitrogens is 3. The standard InChI is InChI=1S/C18H25ClN4O3/c1-4-12(5-2)23-15-14(13(19)10-20-16(15)21-17(23)25)18(26)6-8-22(9-7-18)11(3)24/h10,12,26H,4-9H2,1-3H3,(H,20,21,25). The van der Waals surface area contributed by atoms with Crippen LogP contribution in [0, 0.1) is 0 Å². The van der Waals surface area contributed by atoms with Gasteiger partial charge in [0.1, 0.15) is 0 Å². The minimum atomic E-state index is -1.20. The number of aromatic amines is 1. The summed E-state index contributed by atoms with van der Waals surface area (Å²) in [4.78, 5) is 32.9. The van der Waals surface area contributed by atoms with E-state index in [0.717, 1.165) is 12.8 Å². The van der Waals surface area contributed by atoms with Crippen molar-refractivity contribution in [3.63, 3.8) is 0 Å². The number of rotatable bonds is 4. The van der Waals surface area contributed by atoms with Gasteiger partial charge in [-0.05, 0) is 25.7 Å². The number of likely N-dealkylation sites (tertiary alicyclic amines) is 1. The van der Waals surface area contributed by atoms with Gasteiger partial charge in [0, 0.05) is 37.8 Å². The highest BCUT2D eigenvalue weighted by molar-refractivity contribution is 6.32. The number of carbonyl (C=O) groups is 1. The van der Waals surface area contributed by atoms with Crippen LogP contribution in [0.4, 0.5) is 0 Å². The molecule has 0 atom stereocenters. The molecule has 0 aromatic carbocycles. The van der Waals surface area contributed by atoms with E-state index < -0.39 is 5.60 Å². The van der Waals surface area contributed by atoms with Gasteiger partial charge in [-0.2, -0.15) is 0 Å². The maximum Gasteiger partial charge on any atom is 0.327 e. The van der Waals surface area contributed by atoms with Crippen molar-refractivity contribution in [1.82, 2.24) is 19.4 Å². The fourth-order valence-electron chi connectivity index (χ4n) is 3.95. The Hall–Kier alpha value is -1.86. The summed E-state index contributed by atoms with van der Waals surface area (Å²) in [5.74, 6) is -0.00592. The van der Waals surface area contributed by atoms with Gasteiger partial charge in [-0.3, -0.25) is 14.3 Å². The molecule has 7 nitrogen and oxygen atoms in total. The normalized spacial score (nSPS) is 17.2. The molecule has 2 aromatic heterocycles. The second kappa shape index (κ2) is 7.04. The lowest BCUT2D eigenvalue weighted by Crippen LogP contribution is -2.44. The van der Waals surface area contributed by atoms with Crippen LogP contribution < -0.4 is 5.69 Å². The van der Waals surface area contributed by atoms with E-state index in [0.29, 0.717) is 47.7 Å². The number of halogens is 1. The first-order chi connectivity index (χ1) is 12.3. The molecule has 0 aliphatic carbocycles. The zero-order chi connectivity index (χ0) is 19.1. The third-order valence-electron chi connectivity index (χ3n) is 5.50. The number of H-pyrrole nitrogens is 1. The Bertz CT molecular complexity index is 876. The van der Waals surface area contributed by atoms with Crippen LogP contribution in [0.5, 0.6) is 0 Å². The second-order valence-electron chi connectivity index (χ2n) is 6.99. The molecule has 8 heteroatoms. The van der Waals surface area contributed by atoms with Crippen molar-refractivity contribution >= 4 is 28.7 Å². The summed E-state index contributed by atoms with van der Waals surface area (Å²) in [6, 6.07) is -0.00354. The van der Waals surface area contributed by atoms with Gasteiger partial charge in [0.05, 0.1) is 16.1 Å². The number of nitrogens with zero attached hydrogens (tertiary/aromatic N) is 3. The Kier molecular flexibility index (Phi) is 5.12. The van der Waals surface area contributed by atoms with Crippen molar-refractivity contribution in [2.45, 2.75) is 58.1 Å². The fraction of sp³-hybridized carbons (Fsp3) is 0.611. The minimum absolute atomic E-state index is 0.00354.